The zero-order valence-corrected chi connectivity index (χ0v) is 9.91. The van der Waals surface area contributed by atoms with Crippen LogP contribution in [0, 0.1) is 5.92 Å². The molecule has 1 saturated heterocycles. The lowest BCUT2D eigenvalue weighted by atomic mass is 9.89. The number of ether oxygens (including phenoxy) is 2. The Morgan fingerprint density at radius 2 is 1.87 bits per heavy atom. The van der Waals surface area contributed by atoms with Crippen LogP contribution in [0.5, 0.6) is 0 Å². The van der Waals surface area contributed by atoms with Crippen LogP contribution in [-0.2, 0) is 9.47 Å². The highest BCUT2D eigenvalue weighted by Crippen LogP contribution is 2.26. The van der Waals surface area contributed by atoms with E-state index in [4.69, 9.17) is 9.47 Å². The topological polar surface area (TPSA) is 18.5 Å². The second-order valence-electron chi connectivity index (χ2n) is 5.20. The van der Waals surface area contributed by atoms with Gasteiger partial charge in [0.15, 0.2) is 0 Å². The van der Waals surface area contributed by atoms with E-state index >= 15 is 0 Å². The molecule has 1 atom stereocenters. The van der Waals surface area contributed by atoms with Gasteiger partial charge in [-0.1, -0.05) is 6.92 Å². The van der Waals surface area contributed by atoms with Gasteiger partial charge in [0.1, 0.15) is 0 Å². The van der Waals surface area contributed by atoms with Crippen molar-refractivity contribution < 1.29 is 9.47 Å². The minimum absolute atomic E-state index is 0.387. The third-order valence-electron chi connectivity index (χ3n) is 3.75. The third kappa shape index (κ3) is 3.76. The van der Waals surface area contributed by atoms with Crippen LogP contribution in [-0.4, -0.2) is 25.4 Å². The minimum atomic E-state index is 0.387. The quantitative estimate of drug-likeness (QED) is 0.715. The molecule has 1 saturated carbocycles. The zero-order valence-electron chi connectivity index (χ0n) is 9.91. The molecule has 2 aliphatic rings. The third-order valence-corrected chi connectivity index (χ3v) is 3.75. The van der Waals surface area contributed by atoms with Gasteiger partial charge in [0.05, 0.1) is 18.8 Å². The van der Waals surface area contributed by atoms with Crippen molar-refractivity contribution in [2.24, 2.45) is 5.92 Å². The molecule has 0 spiro atoms. The number of hydrogen-bond donors (Lipinski definition) is 0. The van der Waals surface area contributed by atoms with Crippen LogP contribution in [0.15, 0.2) is 0 Å². The Kier molecular flexibility index (Phi) is 4.45. The van der Waals surface area contributed by atoms with Crippen LogP contribution in [0.4, 0.5) is 0 Å². The molecule has 0 radical (unpaired) electrons. The van der Waals surface area contributed by atoms with Crippen LogP contribution < -0.4 is 0 Å². The van der Waals surface area contributed by atoms with Crippen molar-refractivity contribution in [3.8, 4) is 0 Å². The smallest absolute Gasteiger partial charge is 0.0808 e. The summed E-state index contributed by atoms with van der Waals surface area (Å²) in [6.07, 6.45) is 9.86. The van der Waals surface area contributed by atoms with Crippen molar-refractivity contribution >= 4 is 0 Å². The average Bonchev–Trinajstić information content (AvgIpc) is 2.30. The van der Waals surface area contributed by atoms with E-state index in [9.17, 15) is 0 Å². The Morgan fingerprint density at radius 1 is 1.07 bits per heavy atom. The van der Waals surface area contributed by atoms with E-state index < -0.39 is 0 Å². The van der Waals surface area contributed by atoms with Crippen LogP contribution in [0.2, 0.25) is 0 Å². The van der Waals surface area contributed by atoms with Crippen molar-refractivity contribution in [2.45, 2.75) is 64.1 Å². The fourth-order valence-electron chi connectivity index (χ4n) is 2.58. The van der Waals surface area contributed by atoms with Gasteiger partial charge in [-0.3, -0.25) is 0 Å². The van der Waals surface area contributed by atoms with Crippen molar-refractivity contribution in [3.63, 3.8) is 0 Å². The van der Waals surface area contributed by atoms with Gasteiger partial charge in [0, 0.05) is 6.61 Å². The summed E-state index contributed by atoms with van der Waals surface area (Å²) in [4.78, 5) is 0. The van der Waals surface area contributed by atoms with Crippen LogP contribution >= 0.6 is 0 Å². The lowest BCUT2D eigenvalue weighted by Gasteiger charge is -2.29. The summed E-state index contributed by atoms with van der Waals surface area (Å²) in [6, 6.07) is 0. The lowest BCUT2D eigenvalue weighted by Crippen LogP contribution is -2.29. The van der Waals surface area contributed by atoms with Gasteiger partial charge in [0.25, 0.3) is 0 Å². The molecule has 1 aliphatic carbocycles. The van der Waals surface area contributed by atoms with E-state index in [1.807, 2.05) is 0 Å². The Morgan fingerprint density at radius 3 is 2.53 bits per heavy atom. The molecule has 2 rings (SSSR count). The van der Waals surface area contributed by atoms with E-state index in [2.05, 4.69) is 6.92 Å². The SMILES string of the molecule is CC1CCC(OCC2CCCCO2)CC1. The molecule has 0 aromatic heterocycles. The number of rotatable bonds is 3. The molecule has 88 valence electrons. The Bertz CT molecular complexity index is 167. The summed E-state index contributed by atoms with van der Waals surface area (Å²) in [7, 11) is 0. The summed E-state index contributed by atoms with van der Waals surface area (Å²) in [5.41, 5.74) is 0. The van der Waals surface area contributed by atoms with E-state index in [0.717, 1.165) is 19.1 Å². The predicted molar refractivity (Wildman–Crippen MR) is 61.0 cm³/mol. The van der Waals surface area contributed by atoms with Gasteiger partial charge in [-0.2, -0.15) is 0 Å². The van der Waals surface area contributed by atoms with E-state index in [1.165, 1.54) is 44.9 Å². The first kappa shape index (κ1) is 11.4. The van der Waals surface area contributed by atoms with Crippen LogP contribution in [0.25, 0.3) is 0 Å². The monoisotopic (exact) mass is 212 g/mol. The van der Waals surface area contributed by atoms with Gasteiger partial charge < -0.3 is 9.47 Å². The van der Waals surface area contributed by atoms with Gasteiger partial charge >= 0.3 is 0 Å². The maximum Gasteiger partial charge on any atom is 0.0808 e. The second-order valence-corrected chi connectivity index (χ2v) is 5.20. The molecule has 2 nitrogen and oxygen atoms in total. The molecule has 1 heterocycles. The normalized spacial score (nSPS) is 37.8. The molecule has 1 aliphatic heterocycles. The summed E-state index contributed by atoms with van der Waals surface area (Å²) >= 11 is 0. The van der Waals surface area contributed by atoms with E-state index in [1.54, 1.807) is 0 Å². The summed E-state index contributed by atoms with van der Waals surface area (Å²) < 4.78 is 11.6. The van der Waals surface area contributed by atoms with Gasteiger partial charge in [-0.15, -0.1) is 0 Å². The average molecular weight is 212 g/mol. The molecule has 15 heavy (non-hydrogen) atoms. The molecule has 0 aromatic rings. The zero-order chi connectivity index (χ0) is 10.5. The lowest BCUT2D eigenvalue weighted by molar-refractivity contribution is -0.0721. The van der Waals surface area contributed by atoms with E-state index in [-0.39, 0.29) is 0 Å². The minimum Gasteiger partial charge on any atom is -0.376 e. The van der Waals surface area contributed by atoms with Gasteiger partial charge in [0.2, 0.25) is 0 Å². The molecule has 1 unspecified atom stereocenters. The van der Waals surface area contributed by atoms with Crippen molar-refractivity contribution in [2.75, 3.05) is 13.2 Å². The summed E-state index contributed by atoms with van der Waals surface area (Å²) in [6.45, 7) is 4.12. The van der Waals surface area contributed by atoms with Gasteiger partial charge in [-0.25, -0.2) is 0 Å². The van der Waals surface area contributed by atoms with Crippen molar-refractivity contribution in [1.29, 1.82) is 0 Å². The Labute approximate surface area is 93.3 Å². The highest BCUT2D eigenvalue weighted by molar-refractivity contribution is 4.71. The molecule has 2 heteroatoms. The second kappa shape index (κ2) is 5.86. The molecule has 0 amide bonds. The first-order valence-corrected chi connectivity index (χ1v) is 6.58. The van der Waals surface area contributed by atoms with Crippen LogP contribution in [0.1, 0.15) is 51.9 Å². The highest BCUT2D eigenvalue weighted by atomic mass is 16.5. The fourth-order valence-corrected chi connectivity index (χ4v) is 2.58. The molecule has 2 fully saturated rings. The van der Waals surface area contributed by atoms with E-state index in [0.29, 0.717) is 12.2 Å². The molecule has 0 aromatic carbocycles. The van der Waals surface area contributed by atoms with Gasteiger partial charge in [-0.05, 0) is 50.9 Å². The largest absolute Gasteiger partial charge is 0.376 e. The summed E-state index contributed by atoms with van der Waals surface area (Å²) in [5.74, 6) is 0.913. The molecular formula is C13H24O2. The molecule has 0 N–H and O–H groups in total. The van der Waals surface area contributed by atoms with Crippen molar-refractivity contribution in [1.82, 2.24) is 0 Å². The Hall–Kier alpha value is -0.0800. The predicted octanol–water partition coefficient (Wildman–Crippen LogP) is 3.15. The summed E-state index contributed by atoms with van der Waals surface area (Å²) in [5, 5.41) is 0. The van der Waals surface area contributed by atoms with Crippen molar-refractivity contribution in [3.05, 3.63) is 0 Å². The Balaban J connectivity index is 1.60. The van der Waals surface area contributed by atoms with Crippen LogP contribution in [0.3, 0.4) is 0 Å². The maximum absolute atomic E-state index is 5.95. The highest BCUT2D eigenvalue weighted by Gasteiger charge is 2.21. The maximum atomic E-state index is 5.95. The number of hydrogen-bond acceptors (Lipinski definition) is 2. The molecular weight excluding hydrogens is 188 g/mol. The fraction of sp³-hybridized carbons (Fsp3) is 1.00. The first-order chi connectivity index (χ1) is 7.34. The first-order valence-electron chi connectivity index (χ1n) is 6.58. The molecule has 0 bridgehead atoms. The standard InChI is InChI=1S/C13H24O2/c1-11-5-7-12(8-6-11)15-10-13-4-2-3-9-14-13/h11-13H,2-10H2,1H3.